The first-order chi connectivity index (χ1) is 17.5. The molecule has 11 heteroatoms. The molecule has 2 aromatic heterocycles. The van der Waals surface area contributed by atoms with Gasteiger partial charge < -0.3 is 20.5 Å². The Hall–Kier alpha value is -4.80. The van der Waals surface area contributed by atoms with Crippen molar-refractivity contribution in [1.29, 1.82) is 0 Å². The van der Waals surface area contributed by atoms with Crippen LogP contribution < -0.4 is 20.5 Å². The van der Waals surface area contributed by atoms with E-state index in [9.17, 15) is 13.2 Å². The molecule has 0 spiro atoms. The van der Waals surface area contributed by atoms with Gasteiger partial charge in [-0.15, -0.1) is 5.10 Å². The highest BCUT2D eigenvalue weighted by molar-refractivity contribution is 5.99. The van der Waals surface area contributed by atoms with Gasteiger partial charge in [0.2, 0.25) is 12.7 Å². The summed E-state index contributed by atoms with van der Waals surface area (Å²) in [6.45, 7) is 0.498. The smallest absolute Gasteiger partial charge is 0.231 e. The molecule has 0 saturated heterocycles. The number of fused-ring (bicyclic) bond motifs is 2. The lowest BCUT2D eigenvalue weighted by Crippen LogP contribution is -2.05. The number of nitrogens with zero attached hydrogens (tertiary/aromatic N) is 4. The molecule has 0 unspecified atom stereocenters. The topological polar surface area (TPSA) is 100 Å². The van der Waals surface area contributed by atoms with Crippen LogP contribution in [0.5, 0.6) is 11.5 Å². The van der Waals surface area contributed by atoms with E-state index in [0.717, 1.165) is 28.4 Å². The molecule has 8 nitrogen and oxygen atoms in total. The van der Waals surface area contributed by atoms with Crippen molar-refractivity contribution in [3.8, 4) is 28.4 Å². The summed E-state index contributed by atoms with van der Waals surface area (Å²) in [5.74, 6) is -0.397. The Bertz CT molecular complexity index is 1640. The molecule has 180 valence electrons. The number of rotatable bonds is 5. The fraction of sp³-hybridized carbons (Fsp3) is 0.0800. The molecule has 0 bridgehead atoms. The maximum Gasteiger partial charge on any atom is 0.231 e. The third-order valence-electron chi connectivity index (χ3n) is 5.69. The molecule has 3 N–H and O–H groups in total. The van der Waals surface area contributed by atoms with E-state index in [2.05, 4.69) is 20.4 Å². The Morgan fingerprint density at radius 3 is 2.61 bits per heavy atom. The molecule has 1 aliphatic heterocycles. The molecular formula is C25H17F3N6O2. The van der Waals surface area contributed by atoms with Gasteiger partial charge in [0.25, 0.3) is 0 Å². The highest BCUT2D eigenvalue weighted by atomic mass is 19.1. The van der Waals surface area contributed by atoms with Gasteiger partial charge in [0.05, 0.1) is 11.1 Å². The van der Waals surface area contributed by atoms with Crippen LogP contribution in [0.2, 0.25) is 0 Å². The van der Waals surface area contributed by atoms with Gasteiger partial charge in [-0.05, 0) is 42.0 Å². The molecule has 3 aromatic carbocycles. The first kappa shape index (κ1) is 21.7. The van der Waals surface area contributed by atoms with E-state index in [1.165, 1.54) is 18.2 Å². The predicted octanol–water partition coefficient (Wildman–Crippen LogP) is 4.82. The maximum absolute atomic E-state index is 14.5. The fourth-order valence-electron chi connectivity index (χ4n) is 4.00. The lowest BCUT2D eigenvalue weighted by atomic mass is 10.1. The summed E-state index contributed by atoms with van der Waals surface area (Å²) in [6.07, 6.45) is 0. The molecule has 0 fully saturated rings. The lowest BCUT2D eigenvalue weighted by Gasteiger charge is -2.09. The minimum atomic E-state index is -0.725. The number of hydrogen-bond donors (Lipinski definition) is 2. The van der Waals surface area contributed by atoms with Crippen molar-refractivity contribution >= 4 is 22.8 Å². The second kappa shape index (κ2) is 8.45. The van der Waals surface area contributed by atoms with E-state index in [1.807, 2.05) is 12.1 Å². The lowest BCUT2D eigenvalue weighted by molar-refractivity contribution is 0.174. The van der Waals surface area contributed by atoms with Crippen LogP contribution in [0.1, 0.15) is 5.56 Å². The van der Waals surface area contributed by atoms with Crippen molar-refractivity contribution in [2.75, 3.05) is 17.8 Å². The number of halogens is 3. The van der Waals surface area contributed by atoms with Crippen molar-refractivity contribution in [1.82, 2.24) is 19.7 Å². The molecule has 0 aliphatic carbocycles. The molecule has 0 saturated carbocycles. The third kappa shape index (κ3) is 3.80. The van der Waals surface area contributed by atoms with Gasteiger partial charge in [0.1, 0.15) is 29.0 Å². The van der Waals surface area contributed by atoms with Gasteiger partial charge in [-0.3, -0.25) is 0 Å². The molecule has 6 rings (SSSR count). The molecule has 5 aromatic rings. The summed E-state index contributed by atoms with van der Waals surface area (Å²) in [5.41, 5.74) is 7.84. The average molecular weight is 490 g/mol. The highest BCUT2D eigenvalue weighted by Gasteiger charge is 2.21. The van der Waals surface area contributed by atoms with Gasteiger partial charge in [0.15, 0.2) is 17.1 Å². The van der Waals surface area contributed by atoms with Crippen LogP contribution >= 0.6 is 0 Å². The summed E-state index contributed by atoms with van der Waals surface area (Å²) in [5, 5.41) is 7.72. The predicted molar refractivity (Wildman–Crippen MR) is 126 cm³/mol. The van der Waals surface area contributed by atoms with E-state index in [1.54, 1.807) is 12.1 Å². The number of hydrogen-bond acceptors (Lipinski definition) is 7. The number of ether oxygens (including phenoxy) is 2. The number of aromatic nitrogens is 4. The average Bonchev–Trinajstić information content (AvgIpc) is 3.47. The standard InChI is InChI=1S/C25H17F3N6O2/c26-15-3-1-2-14(9-15)22-21-23(29)34(18-10-16(27)5-6-17(18)28)33-24(21)32-25(31-22)30-11-13-4-7-19-20(8-13)36-12-35-19/h1-10H,11-12,29H2,(H,30,32,33). The maximum atomic E-state index is 14.5. The zero-order chi connectivity index (χ0) is 24.8. The van der Waals surface area contributed by atoms with Gasteiger partial charge in [-0.1, -0.05) is 18.2 Å². The van der Waals surface area contributed by atoms with E-state index in [4.69, 9.17) is 15.2 Å². The van der Waals surface area contributed by atoms with Crippen LogP contribution in [-0.2, 0) is 6.54 Å². The number of nitrogen functional groups attached to an aromatic ring is 1. The Balaban J connectivity index is 1.46. The summed E-state index contributed by atoms with van der Waals surface area (Å²) in [4.78, 5) is 8.99. The summed E-state index contributed by atoms with van der Waals surface area (Å²) >= 11 is 0. The van der Waals surface area contributed by atoms with Crippen molar-refractivity contribution in [2.45, 2.75) is 6.54 Å². The first-order valence-corrected chi connectivity index (χ1v) is 10.9. The van der Waals surface area contributed by atoms with Crippen LogP contribution in [0.15, 0.2) is 60.7 Å². The van der Waals surface area contributed by atoms with Crippen LogP contribution in [0, 0.1) is 17.5 Å². The number of anilines is 2. The number of benzene rings is 3. The van der Waals surface area contributed by atoms with E-state index in [-0.39, 0.29) is 41.0 Å². The molecule has 0 radical (unpaired) electrons. The molecule has 0 amide bonds. The molecule has 36 heavy (non-hydrogen) atoms. The first-order valence-electron chi connectivity index (χ1n) is 10.9. The van der Waals surface area contributed by atoms with Crippen molar-refractivity contribution in [3.05, 3.63) is 83.7 Å². The Kier molecular flexibility index (Phi) is 5.10. The van der Waals surface area contributed by atoms with Gasteiger partial charge in [-0.25, -0.2) is 22.8 Å². The van der Waals surface area contributed by atoms with Gasteiger partial charge in [-0.2, -0.15) is 4.98 Å². The van der Waals surface area contributed by atoms with Crippen LogP contribution in [0.25, 0.3) is 28.0 Å². The normalized spacial score (nSPS) is 12.3. The second-order valence-electron chi connectivity index (χ2n) is 8.04. The Labute approximate surface area is 202 Å². The quantitative estimate of drug-likeness (QED) is 0.364. The Morgan fingerprint density at radius 2 is 1.75 bits per heavy atom. The van der Waals surface area contributed by atoms with Crippen molar-refractivity contribution < 1.29 is 22.6 Å². The summed E-state index contributed by atoms with van der Waals surface area (Å²) in [7, 11) is 0. The van der Waals surface area contributed by atoms with Gasteiger partial charge in [0, 0.05) is 18.2 Å². The molecule has 1 aliphatic rings. The monoisotopic (exact) mass is 490 g/mol. The summed E-state index contributed by atoms with van der Waals surface area (Å²) < 4.78 is 54.3. The Morgan fingerprint density at radius 1 is 0.917 bits per heavy atom. The molecule has 3 heterocycles. The molecule has 0 atom stereocenters. The third-order valence-corrected chi connectivity index (χ3v) is 5.69. The second-order valence-corrected chi connectivity index (χ2v) is 8.04. The summed E-state index contributed by atoms with van der Waals surface area (Å²) in [6, 6.07) is 14.2. The minimum Gasteiger partial charge on any atom is -0.454 e. The number of nitrogens with two attached hydrogens (primary N) is 1. The van der Waals surface area contributed by atoms with Crippen LogP contribution in [-0.4, -0.2) is 26.5 Å². The van der Waals surface area contributed by atoms with E-state index < -0.39 is 17.5 Å². The highest BCUT2D eigenvalue weighted by Crippen LogP contribution is 2.35. The minimum absolute atomic E-state index is 0.0175. The fourth-order valence-corrected chi connectivity index (χ4v) is 4.00. The zero-order valence-corrected chi connectivity index (χ0v) is 18.5. The number of nitrogens with one attached hydrogen (secondary N) is 1. The molecular weight excluding hydrogens is 473 g/mol. The largest absolute Gasteiger partial charge is 0.454 e. The van der Waals surface area contributed by atoms with Crippen molar-refractivity contribution in [2.24, 2.45) is 0 Å². The van der Waals surface area contributed by atoms with E-state index in [0.29, 0.717) is 23.6 Å². The van der Waals surface area contributed by atoms with Gasteiger partial charge >= 0.3 is 0 Å². The van der Waals surface area contributed by atoms with Crippen LogP contribution in [0.3, 0.4) is 0 Å². The zero-order valence-electron chi connectivity index (χ0n) is 18.5. The SMILES string of the molecule is Nc1c2c(-c3cccc(F)c3)nc(NCc3ccc4c(c3)OCO4)nc2nn1-c1cc(F)ccc1F. The van der Waals surface area contributed by atoms with Crippen LogP contribution in [0.4, 0.5) is 24.9 Å². The van der Waals surface area contributed by atoms with Crippen molar-refractivity contribution in [3.63, 3.8) is 0 Å². The van der Waals surface area contributed by atoms with E-state index >= 15 is 0 Å².